The number of rotatable bonds is 6. The Labute approximate surface area is 112 Å². The minimum atomic E-state index is -0.421. The summed E-state index contributed by atoms with van der Waals surface area (Å²) < 4.78 is 0. The third-order valence-electron chi connectivity index (χ3n) is 3.00. The topological polar surface area (TPSA) is 99.3 Å². The normalized spacial score (nSPS) is 20.3. The van der Waals surface area contributed by atoms with Crippen LogP contribution in [0.25, 0.3) is 0 Å². The first-order valence-electron chi connectivity index (χ1n) is 6.60. The average Bonchev–Trinajstić information content (AvgIpc) is 2.39. The van der Waals surface area contributed by atoms with Crippen molar-refractivity contribution in [2.75, 3.05) is 19.6 Å². The molecule has 7 heteroatoms. The molecular formula is C12H22N4O3. The first-order valence-corrected chi connectivity index (χ1v) is 6.60. The summed E-state index contributed by atoms with van der Waals surface area (Å²) >= 11 is 0. The van der Waals surface area contributed by atoms with Gasteiger partial charge in [-0.25, -0.2) is 0 Å². The van der Waals surface area contributed by atoms with Crippen molar-refractivity contribution < 1.29 is 14.4 Å². The van der Waals surface area contributed by atoms with Crippen molar-refractivity contribution >= 4 is 17.7 Å². The number of amides is 3. The monoisotopic (exact) mass is 270 g/mol. The Morgan fingerprint density at radius 1 is 1.47 bits per heavy atom. The third kappa shape index (κ3) is 5.69. The van der Waals surface area contributed by atoms with E-state index in [1.165, 1.54) is 0 Å². The van der Waals surface area contributed by atoms with Gasteiger partial charge in [0.2, 0.25) is 17.7 Å². The Morgan fingerprint density at radius 3 is 2.79 bits per heavy atom. The molecule has 3 amide bonds. The standard InChI is InChI=1S/C12H22N4O3/c1-3-8(2)16-10(17)4-5-13-12(19)9-6-15-11(18)7-14-9/h8-9,14H,3-7H2,1-2H3,(H,13,19)(H,15,18)(H,16,17). The molecule has 0 bridgehead atoms. The molecule has 1 rings (SSSR count). The Morgan fingerprint density at radius 2 is 2.21 bits per heavy atom. The summed E-state index contributed by atoms with van der Waals surface area (Å²) in [6.45, 7) is 4.66. The van der Waals surface area contributed by atoms with Crippen LogP contribution in [-0.4, -0.2) is 49.4 Å². The van der Waals surface area contributed by atoms with E-state index in [1.807, 2.05) is 13.8 Å². The number of carbonyl (C=O) groups is 3. The number of carbonyl (C=O) groups excluding carboxylic acids is 3. The van der Waals surface area contributed by atoms with E-state index in [9.17, 15) is 14.4 Å². The van der Waals surface area contributed by atoms with Gasteiger partial charge in [-0.15, -0.1) is 0 Å². The second-order valence-corrected chi connectivity index (χ2v) is 4.66. The second-order valence-electron chi connectivity index (χ2n) is 4.66. The number of nitrogens with one attached hydrogen (secondary N) is 4. The van der Waals surface area contributed by atoms with E-state index in [0.717, 1.165) is 6.42 Å². The van der Waals surface area contributed by atoms with Crippen LogP contribution in [0.5, 0.6) is 0 Å². The van der Waals surface area contributed by atoms with Gasteiger partial charge < -0.3 is 16.0 Å². The third-order valence-corrected chi connectivity index (χ3v) is 3.00. The summed E-state index contributed by atoms with van der Waals surface area (Å²) in [6, 6.07) is -0.270. The van der Waals surface area contributed by atoms with Gasteiger partial charge in [-0.1, -0.05) is 6.92 Å². The van der Waals surface area contributed by atoms with Gasteiger partial charge in [-0.05, 0) is 13.3 Å². The Bertz CT molecular complexity index is 336. The molecule has 1 aliphatic rings. The molecule has 1 aliphatic heterocycles. The van der Waals surface area contributed by atoms with E-state index in [4.69, 9.17) is 0 Å². The molecule has 0 spiro atoms. The molecule has 2 unspecified atom stereocenters. The van der Waals surface area contributed by atoms with Crippen molar-refractivity contribution in [1.82, 2.24) is 21.3 Å². The van der Waals surface area contributed by atoms with Gasteiger partial charge in [-0.2, -0.15) is 0 Å². The number of piperazine rings is 1. The molecule has 0 aromatic carbocycles. The van der Waals surface area contributed by atoms with Gasteiger partial charge in [0, 0.05) is 25.6 Å². The highest BCUT2D eigenvalue weighted by molar-refractivity contribution is 5.87. The van der Waals surface area contributed by atoms with Crippen molar-refractivity contribution in [3.8, 4) is 0 Å². The molecule has 108 valence electrons. The van der Waals surface area contributed by atoms with Crippen LogP contribution in [0.4, 0.5) is 0 Å². The lowest BCUT2D eigenvalue weighted by atomic mass is 10.2. The van der Waals surface area contributed by atoms with Crippen LogP contribution in [0, 0.1) is 0 Å². The molecule has 1 fully saturated rings. The first-order chi connectivity index (χ1) is 9.02. The molecule has 0 aromatic rings. The molecule has 1 saturated heterocycles. The zero-order valence-electron chi connectivity index (χ0n) is 11.4. The fourth-order valence-corrected chi connectivity index (χ4v) is 1.62. The van der Waals surface area contributed by atoms with E-state index in [0.29, 0.717) is 6.54 Å². The zero-order valence-corrected chi connectivity index (χ0v) is 11.4. The Kier molecular flexibility index (Phi) is 6.27. The summed E-state index contributed by atoms with van der Waals surface area (Å²) in [5.74, 6) is -0.382. The van der Waals surface area contributed by atoms with Crippen molar-refractivity contribution in [3.05, 3.63) is 0 Å². The van der Waals surface area contributed by atoms with Crippen LogP contribution in [0.3, 0.4) is 0 Å². The van der Waals surface area contributed by atoms with Gasteiger partial charge >= 0.3 is 0 Å². The van der Waals surface area contributed by atoms with Gasteiger partial charge in [0.25, 0.3) is 0 Å². The Hall–Kier alpha value is -1.63. The van der Waals surface area contributed by atoms with Crippen LogP contribution in [0.1, 0.15) is 26.7 Å². The minimum Gasteiger partial charge on any atom is -0.354 e. The molecule has 19 heavy (non-hydrogen) atoms. The van der Waals surface area contributed by atoms with Gasteiger partial charge in [0.1, 0.15) is 6.04 Å². The molecule has 0 aliphatic carbocycles. The molecule has 0 aromatic heterocycles. The largest absolute Gasteiger partial charge is 0.354 e. The van der Waals surface area contributed by atoms with Gasteiger partial charge in [-0.3, -0.25) is 19.7 Å². The Balaban J connectivity index is 2.16. The lowest BCUT2D eigenvalue weighted by molar-refractivity contribution is -0.126. The van der Waals surface area contributed by atoms with E-state index >= 15 is 0 Å². The summed E-state index contributed by atoms with van der Waals surface area (Å²) in [4.78, 5) is 34.1. The first kappa shape index (κ1) is 15.4. The average molecular weight is 270 g/mol. The van der Waals surface area contributed by atoms with Crippen LogP contribution in [-0.2, 0) is 14.4 Å². The van der Waals surface area contributed by atoms with Crippen molar-refractivity contribution in [3.63, 3.8) is 0 Å². The van der Waals surface area contributed by atoms with Crippen molar-refractivity contribution in [2.45, 2.75) is 38.8 Å². The van der Waals surface area contributed by atoms with Gasteiger partial charge in [0.05, 0.1) is 6.54 Å². The molecule has 0 radical (unpaired) electrons. The molecule has 1 heterocycles. The molecule has 0 saturated carbocycles. The van der Waals surface area contributed by atoms with Crippen molar-refractivity contribution in [2.24, 2.45) is 0 Å². The lowest BCUT2D eigenvalue weighted by Crippen LogP contribution is -2.58. The van der Waals surface area contributed by atoms with Crippen molar-refractivity contribution in [1.29, 1.82) is 0 Å². The maximum absolute atomic E-state index is 11.7. The fourth-order valence-electron chi connectivity index (χ4n) is 1.62. The molecule has 2 atom stereocenters. The molecule has 4 N–H and O–H groups in total. The second kappa shape index (κ2) is 7.73. The minimum absolute atomic E-state index is 0.0699. The zero-order chi connectivity index (χ0) is 14.3. The lowest BCUT2D eigenvalue weighted by Gasteiger charge is -2.23. The van der Waals surface area contributed by atoms with Crippen LogP contribution < -0.4 is 21.3 Å². The SMILES string of the molecule is CCC(C)NC(=O)CCNC(=O)C1CNC(=O)CN1. The predicted octanol–water partition coefficient (Wildman–Crippen LogP) is -1.50. The van der Waals surface area contributed by atoms with Crippen LogP contribution >= 0.6 is 0 Å². The quantitative estimate of drug-likeness (QED) is 0.472. The van der Waals surface area contributed by atoms with E-state index in [1.54, 1.807) is 0 Å². The summed E-state index contributed by atoms with van der Waals surface area (Å²) in [5.41, 5.74) is 0. The smallest absolute Gasteiger partial charge is 0.238 e. The highest BCUT2D eigenvalue weighted by Crippen LogP contribution is 1.91. The van der Waals surface area contributed by atoms with Gasteiger partial charge in [0.15, 0.2) is 0 Å². The summed E-state index contributed by atoms with van der Waals surface area (Å²) in [5, 5.41) is 10.9. The maximum atomic E-state index is 11.7. The highest BCUT2D eigenvalue weighted by atomic mass is 16.2. The maximum Gasteiger partial charge on any atom is 0.238 e. The molecular weight excluding hydrogens is 248 g/mol. The van der Waals surface area contributed by atoms with E-state index in [-0.39, 0.29) is 43.3 Å². The molecule has 7 nitrogen and oxygen atoms in total. The summed E-state index contributed by atoms with van der Waals surface area (Å²) in [6.07, 6.45) is 1.14. The van der Waals surface area contributed by atoms with E-state index < -0.39 is 6.04 Å². The number of hydrogen-bond acceptors (Lipinski definition) is 4. The summed E-state index contributed by atoms with van der Waals surface area (Å²) in [7, 11) is 0. The van der Waals surface area contributed by atoms with E-state index in [2.05, 4.69) is 21.3 Å². The predicted molar refractivity (Wildman–Crippen MR) is 70.3 cm³/mol. The van der Waals surface area contributed by atoms with Crippen LogP contribution in [0.2, 0.25) is 0 Å². The fraction of sp³-hybridized carbons (Fsp3) is 0.750. The number of hydrogen-bond donors (Lipinski definition) is 4. The highest BCUT2D eigenvalue weighted by Gasteiger charge is 2.23. The van der Waals surface area contributed by atoms with Crippen LogP contribution in [0.15, 0.2) is 0 Å².